The number of amides is 1. The molecule has 5 nitrogen and oxygen atoms in total. The van der Waals surface area contributed by atoms with Crippen LogP contribution in [0.5, 0.6) is 5.75 Å². The standard InChI is InChI=1S/C20H20N2O3/c21-12-15-7-9-16(10-8-15)20(24)22(14-18-5-3-11-25-18)13-17-4-1-2-6-19(17)23/h1-2,4,6-10,18,23H,3,5,11,13-14H2. The summed E-state index contributed by atoms with van der Waals surface area (Å²) in [5.74, 6) is 0.0377. The highest BCUT2D eigenvalue weighted by atomic mass is 16.5. The van der Waals surface area contributed by atoms with Crippen molar-refractivity contribution in [1.82, 2.24) is 4.90 Å². The molecule has 1 heterocycles. The van der Waals surface area contributed by atoms with Gasteiger partial charge in [0, 0.05) is 30.8 Å². The zero-order valence-electron chi connectivity index (χ0n) is 13.9. The summed E-state index contributed by atoms with van der Waals surface area (Å²) in [6, 6.07) is 15.7. The third-order valence-corrected chi connectivity index (χ3v) is 4.35. The van der Waals surface area contributed by atoms with Crippen LogP contribution in [0.2, 0.25) is 0 Å². The molecule has 1 N–H and O–H groups in total. The molecule has 1 saturated heterocycles. The van der Waals surface area contributed by atoms with Gasteiger partial charge in [-0.3, -0.25) is 4.79 Å². The predicted octanol–water partition coefficient (Wildman–Crippen LogP) is 3.09. The van der Waals surface area contributed by atoms with E-state index in [-0.39, 0.29) is 17.8 Å². The molecule has 2 aromatic rings. The average Bonchev–Trinajstić information content (AvgIpc) is 3.15. The van der Waals surface area contributed by atoms with Crippen LogP contribution < -0.4 is 0 Å². The van der Waals surface area contributed by atoms with Crippen molar-refractivity contribution in [2.45, 2.75) is 25.5 Å². The lowest BCUT2D eigenvalue weighted by Crippen LogP contribution is -2.37. The molecule has 1 atom stereocenters. The fraction of sp³-hybridized carbons (Fsp3) is 0.300. The molecular weight excluding hydrogens is 316 g/mol. The molecule has 1 fully saturated rings. The third kappa shape index (κ3) is 4.17. The molecule has 25 heavy (non-hydrogen) atoms. The second kappa shape index (κ2) is 7.82. The van der Waals surface area contributed by atoms with E-state index >= 15 is 0 Å². The lowest BCUT2D eigenvalue weighted by molar-refractivity contribution is 0.0506. The minimum atomic E-state index is -0.136. The normalized spacial score (nSPS) is 16.4. The number of para-hydroxylation sites is 1. The Hall–Kier alpha value is -2.84. The quantitative estimate of drug-likeness (QED) is 0.910. The minimum Gasteiger partial charge on any atom is -0.508 e. The van der Waals surface area contributed by atoms with Crippen LogP contribution in [0, 0.1) is 11.3 Å². The van der Waals surface area contributed by atoms with E-state index < -0.39 is 0 Å². The first-order valence-electron chi connectivity index (χ1n) is 8.35. The van der Waals surface area contributed by atoms with Crippen LogP contribution in [-0.2, 0) is 11.3 Å². The molecule has 0 radical (unpaired) electrons. The van der Waals surface area contributed by atoms with Crippen LogP contribution in [-0.4, -0.2) is 35.2 Å². The van der Waals surface area contributed by atoms with Gasteiger partial charge in [-0.1, -0.05) is 18.2 Å². The summed E-state index contributed by atoms with van der Waals surface area (Å²) in [4.78, 5) is 14.7. The first-order valence-corrected chi connectivity index (χ1v) is 8.35. The topological polar surface area (TPSA) is 73.6 Å². The Balaban J connectivity index is 1.82. The highest BCUT2D eigenvalue weighted by Gasteiger charge is 2.24. The Morgan fingerprint density at radius 3 is 2.64 bits per heavy atom. The van der Waals surface area contributed by atoms with Crippen molar-refractivity contribution in [3.8, 4) is 11.8 Å². The van der Waals surface area contributed by atoms with Crippen LogP contribution in [0.3, 0.4) is 0 Å². The maximum atomic E-state index is 13.0. The van der Waals surface area contributed by atoms with E-state index in [0.29, 0.717) is 29.8 Å². The van der Waals surface area contributed by atoms with Crippen LogP contribution in [0.25, 0.3) is 0 Å². The number of aromatic hydroxyl groups is 1. The number of carbonyl (C=O) groups is 1. The van der Waals surface area contributed by atoms with Gasteiger partial charge in [0.1, 0.15) is 5.75 Å². The van der Waals surface area contributed by atoms with E-state index in [9.17, 15) is 9.90 Å². The monoisotopic (exact) mass is 336 g/mol. The first kappa shape index (κ1) is 17.0. The summed E-state index contributed by atoms with van der Waals surface area (Å²) < 4.78 is 5.67. The SMILES string of the molecule is N#Cc1ccc(C(=O)N(Cc2ccccc2O)CC2CCCO2)cc1. The number of nitrogens with zero attached hydrogens (tertiary/aromatic N) is 2. The van der Waals surface area contributed by atoms with E-state index in [1.165, 1.54) is 0 Å². The molecule has 1 aliphatic rings. The lowest BCUT2D eigenvalue weighted by Gasteiger charge is -2.26. The van der Waals surface area contributed by atoms with Crippen molar-refractivity contribution in [3.63, 3.8) is 0 Å². The second-order valence-corrected chi connectivity index (χ2v) is 6.14. The Morgan fingerprint density at radius 2 is 2.00 bits per heavy atom. The van der Waals surface area contributed by atoms with E-state index in [1.54, 1.807) is 41.3 Å². The number of hydrogen-bond acceptors (Lipinski definition) is 4. The number of nitriles is 1. The smallest absolute Gasteiger partial charge is 0.254 e. The van der Waals surface area contributed by atoms with Crippen molar-refractivity contribution in [1.29, 1.82) is 5.26 Å². The van der Waals surface area contributed by atoms with Gasteiger partial charge in [-0.15, -0.1) is 0 Å². The van der Waals surface area contributed by atoms with Crippen LogP contribution in [0.1, 0.15) is 34.3 Å². The molecule has 1 unspecified atom stereocenters. The summed E-state index contributed by atoms with van der Waals surface area (Å²) in [5, 5.41) is 18.9. The van der Waals surface area contributed by atoms with Crippen LogP contribution >= 0.6 is 0 Å². The van der Waals surface area contributed by atoms with Crippen LogP contribution in [0.15, 0.2) is 48.5 Å². The van der Waals surface area contributed by atoms with Crippen molar-refractivity contribution in [2.75, 3.05) is 13.2 Å². The summed E-state index contributed by atoms with van der Waals surface area (Å²) in [7, 11) is 0. The highest BCUT2D eigenvalue weighted by molar-refractivity contribution is 5.94. The van der Waals surface area contributed by atoms with Gasteiger partial charge in [-0.05, 0) is 43.2 Å². The molecule has 0 aromatic heterocycles. The Bertz CT molecular complexity index is 774. The Kier molecular flexibility index (Phi) is 5.32. The van der Waals surface area contributed by atoms with Gasteiger partial charge in [0.15, 0.2) is 0 Å². The molecule has 3 rings (SSSR count). The molecule has 128 valence electrons. The number of benzene rings is 2. The molecule has 0 aliphatic carbocycles. The molecule has 5 heteroatoms. The summed E-state index contributed by atoms with van der Waals surface area (Å²) in [6.07, 6.45) is 1.95. The minimum absolute atomic E-state index is 0.0215. The summed E-state index contributed by atoms with van der Waals surface area (Å²) in [6.45, 7) is 1.51. The molecule has 1 amide bonds. The number of phenols is 1. The maximum Gasteiger partial charge on any atom is 0.254 e. The lowest BCUT2D eigenvalue weighted by atomic mass is 10.1. The number of phenolic OH excluding ortho intramolecular Hbond substituents is 1. The fourth-order valence-electron chi connectivity index (χ4n) is 2.97. The van der Waals surface area contributed by atoms with Crippen molar-refractivity contribution >= 4 is 5.91 Å². The van der Waals surface area contributed by atoms with E-state index in [4.69, 9.17) is 10.00 Å². The number of rotatable bonds is 5. The van der Waals surface area contributed by atoms with E-state index in [0.717, 1.165) is 19.4 Å². The largest absolute Gasteiger partial charge is 0.508 e. The second-order valence-electron chi connectivity index (χ2n) is 6.14. The van der Waals surface area contributed by atoms with Crippen LogP contribution in [0.4, 0.5) is 0 Å². The van der Waals surface area contributed by atoms with Gasteiger partial charge >= 0.3 is 0 Å². The van der Waals surface area contributed by atoms with E-state index in [2.05, 4.69) is 6.07 Å². The zero-order valence-corrected chi connectivity index (χ0v) is 13.9. The number of carbonyl (C=O) groups excluding carboxylic acids is 1. The zero-order chi connectivity index (χ0) is 17.6. The Labute approximate surface area is 147 Å². The highest BCUT2D eigenvalue weighted by Crippen LogP contribution is 2.21. The molecular formula is C20H20N2O3. The molecule has 0 spiro atoms. The molecule has 0 saturated carbocycles. The first-order chi connectivity index (χ1) is 12.2. The van der Waals surface area contributed by atoms with Crippen molar-refractivity contribution in [3.05, 3.63) is 65.2 Å². The van der Waals surface area contributed by atoms with Gasteiger partial charge in [-0.2, -0.15) is 5.26 Å². The average molecular weight is 336 g/mol. The van der Waals surface area contributed by atoms with Gasteiger partial charge in [-0.25, -0.2) is 0 Å². The summed E-state index contributed by atoms with van der Waals surface area (Å²) >= 11 is 0. The third-order valence-electron chi connectivity index (χ3n) is 4.35. The number of hydrogen-bond donors (Lipinski definition) is 1. The van der Waals surface area contributed by atoms with E-state index in [1.807, 2.05) is 12.1 Å². The van der Waals surface area contributed by atoms with Crippen molar-refractivity contribution < 1.29 is 14.6 Å². The summed E-state index contributed by atoms with van der Waals surface area (Å²) in [5.41, 5.74) is 1.73. The predicted molar refractivity (Wildman–Crippen MR) is 93.0 cm³/mol. The van der Waals surface area contributed by atoms with Gasteiger partial charge < -0.3 is 14.7 Å². The van der Waals surface area contributed by atoms with Gasteiger partial charge in [0.05, 0.1) is 17.7 Å². The number of ether oxygens (including phenoxy) is 1. The fourth-order valence-corrected chi connectivity index (χ4v) is 2.97. The van der Waals surface area contributed by atoms with Crippen molar-refractivity contribution in [2.24, 2.45) is 0 Å². The van der Waals surface area contributed by atoms with Gasteiger partial charge in [0.25, 0.3) is 5.91 Å². The van der Waals surface area contributed by atoms with Gasteiger partial charge in [0.2, 0.25) is 0 Å². The molecule has 1 aliphatic heterocycles. The Morgan fingerprint density at radius 1 is 1.24 bits per heavy atom. The maximum absolute atomic E-state index is 13.0. The molecule has 0 bridgehead atoms. The molecule has 2 aromatic carbocycles.